The molecule has 0 radical (unpaired) electrons. The van der Waals surface area contributed by atoms with Crippen LogP contribution >= 0.6 is 0 Å². The van der Waals surface area contributed by atoms with Crippen LogP contribution in [0.15, 0.2) is 18.3 Å². The third kappa shape index (κ3) is 4.05. The number of nitrogens with zero attached hydrogens (tertiary/aromatic N) is 1. The van der Waals surface area contributed by atoms with Gasteiger partial charge in [0.15, 0.2) is 0 Å². The van der Waals surface area contributed by atoms with Gasteiger partial charge in [-0.3, -0.25) is 4.98 Å². The second-order valence-electron chi connectivity index (χ2n) is 6.34. The van der Waals surface area contributed by atoms with Crippen molar-refractivity contribution in [3.63, 3.8) is 0 Å². The maximum Gasteiger partial charge on any atom is 0.0372 e. The van der Waals surface area contributed by atoms with Crippen LogP contribution in [0.1, 0.15) is 69.7 Å². The summed E-state index contributed by atoms with van der Waals surface area (Å²) in [6.45, 7) is 7.61. The van der Waals surface area contributed by atoms with Crippen molar-refractivity contribution in [3.05, 3.63) is 29.6 Å². The molecule has 1 saturated carbocycles. The molecule has 0 spiro atoms. The molecule has 0 saturated heterocycles. The number of pyridine rings is 1. The van der Waals surface area contributed by atoms with Crippen LogP contribution in [0.3, 0.4) is 0 Å². The molecule has 2 heteroatoms. The predicted octanol–water partition coefficient (Wildman–Crippen LogP) is 4.65. The van der Waals surface area contributed by atoms with Crippen molar-refractivity contribution in [3.8, 4) is 0 Å². The fraction of sp³-hybridized carbons (Fsp3) is 0.722. The molecule has 1 fully saturated rings. The van der Waals surface area contributed by atoms with E-state index in [1.54, 1.807) is 0 Å². The van der Waals surface area contributed by atoms with Crippen LogP contribution in [0.25, 0.3) is 0 Å². The van der Waals surface area contributed by atoms with Crippen LogP contribution < -0.4 is 5.32 Å². The van der Waals surface area contributed by atoms with Gasteiger partial charge in [0, 0.05) is 17.9 Å². The van der Waals surface area contributed by atoms with Crippen molar-refractivity contribution in [2.45, 2.75) is 65.3 Å². The lowest BCUT2D eigenvalue weighted by Gasteiger charge is -2.34. The van der Waals surface area contributed by atoms with E-state index in [1.165, 1.54) is 44.1 Å². The number of aromatic nitrogens is 1. The summed E-state index contributed by atoms with van der Waals surface area (Å²) in [4.78, 5) is 4.48. The fourth-order valence-electron chi connectivity index (χ4n) is 3.66. The number of nitrogens with one attached hydrogen (secondary N) is 1. The van der Waals surface area contributed by atoms with Gasteiger partial charge in [0.1, 0.15) is 0 Å². The Labute approximate surface area is 124 Å². The smallest absolute Gasteiger partial charge is 0.0372 e. The standard InChI is InChI=1S/C18H30N2/c1-4-6-15-8-11-16(12-9-15)18(19-5-2)17-10-7-14(3)20-13-17/h7,10,13,15-16,18-19H,4-6,8-9,11-12H2,1-3H3. The summed E-state index contributed by atoms with van der Waals surface area (Å²) in [6, 6.07) is 4.89. The van der Waals surface area contributed by atoms with Gasteiger partial charge < -0.3 is 5.32 Å². The summed E-state index contributed by atoms with van der Waals surface area (Å²) >= 11 is 0. The Balaban J connectivity index is 2.00. The van der Waals surface area contributed by atoms with E-state index in [4.69, 9.17) is 0 Å². The monoisotopic (exact) mass is 274 g/mol. The van der Waals surface area contributed by atoms with Crippen LogP contribution in [-0.2, 0) is 0 Å². The minimum Gasteiger partial charge on any atom is -0.310 e. The van der Waals surface area contributed by atoms with Gasteiger partial charge in [-0.1, -0.05) is 45.6 Å². The predicted molar refractivity (Wildman–Crippen MR) is 85.7 cm³/mol. The second-order valence-corrected chi connectivity index (χ2v) is 6.34. The van der Waals surface area contributed by atoms with Crippen LogP contribution in [-0.4, -0.2) is 11.5 Å². The van der Waals surface area contributed by atoms with E-state index in [1.807, 2.05) is 0 Å². The lowest BCUT2D eigenvalue weighted by Crippen LogP contribution is -2.31. The van der Waals surface area contributed by atoms with Gasteiger partial charge in [0.25, 0.3) is 0 Å². The van der Waals surface area contributed by atoms with E-state index in [-0.39, 0.29) is 0 Å². The molecule has 2 nitrogen and oxygen atoms in total. The first-order valence-corrected chi connectivity index (χ1v) is 8.40. The Kier molecular flexibility index (Phi) is 6.03. The average molecular weight is 274 g/mol. The molecule has 112 valence electrons. The molecule has 20 heavy (non-hydrogen) atoms. The molecular formula is C18H30N2. The molecule has 1 aromatic rings. The molecule has 2 rings (SSSR count). The summed E-state index contributed by atoms with van der Waals surface area (Å²) in [7, 11) is 0. The van der Waals surface area contributed by atoms with Crippen LogP contribution in [0.2, 0.25) is 0 Å². The van der Waals surface area contributed by atoms with Gasteiger partial charge in [-0.25, -0.2) is 0 Å². The molecule has 1 unspecified atom stereocenters. The zero-order chi connectivity index (χ0) is 14.4. The molecule has 0 amide bonds. The number of hydrogen-bond donors (Lipinski definition) is 1. The second kappa shape index (κ2) is 7.78. The van der Waals surface area contributed by atoms with Crippen molar-refractivity contribution in [1.82, 2.24) is 10.3 Å². The topological polar surface area (TPSA) is 24.9 Å². The van der Waals surface area contributed by atoms with E-state index in [0.717, 1.165) is 24.1 Å². The summed E-state index contributed by atoms with van der Waals surface area (Å²) < 4.78 is 0. The van der Waals surface area contributed by atoms with Crippen LogP contribution in [0, 0.1) is 18.8 Å². The summed E-state index contributed by atoms with van der Waals surface area (Å²) in [5.74, 6) is 1.77. The van der Waals surface area contributed by atoms with Gasteiger partial charge >= 0.3 is 0 Å². The highest BCUT2D eigenvalue weighted by Crippen LogP contribution is 2.38. The molecule has 1 aliphatic rings. The van der Waals surface area contributed by atoms with Crippen molar-refractivity contribution < 1.29 is 0 Å². The molecule has 0 aromatic carbocycles. The average Bonchev–Trinajstić information content (AvgIpc) is 2.47. The third-order valence-electron chi connectivity index (χ3n) is 4.78. The van der Waals surface area contributed by atoms with Crippen molar-refractivity contribution in [1.29, 1.82) is 0 Å². The zero-order valence-corrected chi connectivity index (χ0v) is 13.4. The first kappa shape index (κ1) is 15.5. The zero-order valence-electron chi connectivity index (χ0n) is 13.4. The molecule has 1 atom stereocenters. The minimum absolute atomic E-state index is 0.496. The van der Waals surface area contributed by atoms with Crippen LogP contribution in [0.5, 0.6) is 0 Å². The maximum atomic E-state index is 4.48. The maximum absolute atomic E-state index is 4.48. The molecule has 0 aliphatic heterocycles. The van der Waals surface area contributed by atoms with E-state index in [2.05, 4.69) is 49.4 Å². The molecule has 1 heterocycles. The summed E-state index contributed by atoms with van der Waals surface area (Å²) in [5.41, 5.74) is 2.48. The lowest BCUT2D eigenvalue weighted by molar-refractivity contribution is 0.215. The van der Waals surface area contributed by atoms with E-state index < -0.39 is 0 Å². The highest BCUT2D eigenvalue weighted by atomic mass is 14.9. The van der Waals surface area contributed by atoms with E-state index >= 15 is 0 Å². The summed E-state index contributed by atoms with van der Waals surface area (Å²) in [6.07, 6.45) is 10.4. The number of hydrogen-bond acceptors (Lipinski definition) is 2. The number of aryl methyl sites for hydroxylation is 1. The minimum atomic E-state index is 0.496. The molecule has 1 aromatic heterocycles. The molecule has 1 N–H and O–H groups in total. The Bertz CT molecular complexity index is 377. The van der Waals surface area contributed by atoms with Crippen molar-refractivity contribution in [2.75, 3.05) is 6.54 Å². The quantitative estimate of drug-likeness (QED) is 0.817. The fourth-order valence-corrected chi connectivity index (χ4v) is 3.66. The Morgan fingerprint density at radius 3 is 2.50 bits per heavy atom. The molecular weight excluding hydrogens is 244 g/mol. The van der Waals surface area contributed by atoms with Crippen molar-refractivity contribution in [2.24, 2.45) is 11.8 Å². The Hall–Kier alpha value is -0.890. The summed E-state index contributed by atoms with van der Waals surface area (Å²) in [5, 5.41) is 3.69. The van der Waals surface area contributed by atoms with Gasteiger partial charge in [-0.2, -0.15) is 0 Å². The Morgan fingerprint density at radius 1 is 1.20 bits per heavy atom. The third-order valence-corrected chi connectivity index (χ3v) is 4.78. The largest absolute Gasteiger partial charge is 0.310 e. The highest BCUT2D eigenvalue weighted by molar-refractivity contribution is 5.18. The SMILES string of the molecule is CCCC1CCC(C(NCC)c2ccc(C)nc2)CC1. The van der Waals surface area contributed by atoms with Gasteiger partial charge in [-0.15, -0.1) is 0 Å². The van der Waals surface area contributed by atoms with E-state index in [0.29, 0.717) is 6.04 Å². The van der Waals surface area contributed by atoms with Gasteiger partial charge in [-0.05, 0) is 49.8 Å². The van der Waals surface area contributed by atoms with Crippen molar-refractivity contribution >= 4 is 0 Å². The normalized spacial score (nSPS) is 24.6. The van der Waals surface area contributed by atoms with E-state index in [9.17, 15) is 0 Å². The van der Waals surface area contributed by atoms with Crippen LogP contribution in [0.4, 0.5) is 0 Å². The first-order chi connectivity index (χ1) is 9.74. The highest BCUT2D eigenvalue weighted by Gasteiger charge is 2.27. The first-order valence-electron chi connectivity index (χ1n) is 8.40. The van der Waals surface area contributed by atoms with Gasteiger partial charge in [0.2, 0.25) is 0 Å². The Morgan fingerprint density at radius 2 is 1.95 bits per heavy atom. The number of rotatable bonds is 6. The lowest BCUT2D eigenvalue weighted by atomic mass is 9.75. The molecule has 0 bridgehead atoms. The van der Waals surface area contributed by atoms with Gasteiger partial charge in [0.05, 0.1) is 0 Å². The molecule has 1 aliphatic carbocycles.